The average molecular weight is 510 g/mol. The second kappa shape index (κ2) is 13.6. The number of methoxy groups -OCH3 is 1. The van der Waals surface area contributed by atoms with Crippen LogP contribution in [0, 0.1) is 0 Å². The Morgan fingerprint density at radius 3 is 2.50 bits per heavy atom. The highest BCUT2D eigenvalue weighted by Gasteiger charge is 2.33. The summed E-state index contributed by atoms with van der Waals surface area (Å²) in [4.78, 5) is 5.18. The predicted octanol–water partition coefficient (Wildman–Crippen LogP) is 6.74. The maximum absolute atomic E-state index is 6.70. The van der Waals surface area contributed by atoms with Gasteiger partial charge in [0.1, 0.15) is 5.75 Å². The van der Waals surface area contributed by atoms with Crippen molar-refractivity contribution in [1.82, 2.24) is 10.6 Å². The number of nitrogens with zero attached hydrogens (tertiary/aromatic N) is 1. The van der Waals surface area contributed by atoms with E-state index in [1.807, 2.05) is 25.2 Å². The van der Waals surface area contributed by atoms with Crippen LogP contribution in [0.4, 0.5) is 0 Å². The van der Waals surface area contributed by atoms with E-state index in [1.165, 1.54) is 16.7 Å². The van der Waals surface area contributed by atoms with Gasteiger partial charge < -0.3 is 20.1 Å². The zero-order valence-electron chi connectivity index (χ0n) is 22.3. The molecule has 2 aromatic rings. The summed E-state index contributed by atoms with van der Waals surface area (Å²) in [5.74, 6) is 0.729. The molecule has 0 aliphatic heterocycles. The highest BCUT2D eigenvalue weighted by atomic mass is 35.5. The molecule has 0 unspecified atom stereocenters. The summed E-state index contributed by atoms with van der Waals surface area (Å²) in [5.41, 5.74) is 7.39. The molecule has 3 rings (SSSR count). The van der Waals surface area contributed by atoms with Gasteiger partial charge in [0.25, 0.3) is 0 Å². The molecule has 0 radical (unpaired) electrons. The first-order valence-corrected chi connectivity index (χ1v) is 13.3. The van der Waals surface area contributed by atoms with Crippen LogP contribution in [0.1, 0.15) is 62.8 Å². The molecular weight excluding hydrogens is 470 g/mol. The van der Waals surface area contributed by atoms with Gasteiger partial charge in [-0.2, -0.15) is 0 Å². The molecule has 0 bridgehead atoms. The molecule has 2 atom stereocenters. The van der Waals surface area contributed by atoms with Crippen molar-refractivity contribution in [2.75, 3.05) is 27.3 Å². The molecule has 0 fully saturated rings. The third-order valence-electron chi connectivity index (χ3n) is 6.75. The molecular formula is C30H40ClN3O2. The smallest absolute Gasteiger partial charge is 0.120 e. The standard InChI is InChI=1S/C30H40ClN3O2/c1-7-21(8-2)29(25-15-14-23(35-6)19-26(25)31)34-27(9-3)20(4)33-30-24-13-11-10-12-22(24)18-28(30)36-17-16-32-5/h10-15,19,28,30,32-33H,4,7-9,16-18H2,1-3,5-6H3/b34-27-/t28-,30+/m0/s1. The van der Waals surface area contributed by atoms with E-state index in [4.69, 9.17) is 26.1 Å². The molecule has 6 heteroatoms. The van der Waals surface area contributed by atoms with Crippen molar-refractivity contribution in [1.29, 1.82) is 0 Å². The molecule has 0 aromatic heterocycles. The molecule has 0 spiro atoms. The fraction of sp³-hybridized carbons (Fsp3) is 0.433. The minimum Gasteiger partial charge on any atom is -0.497 e. The lowest BCUT2D eigenvalue weighted by atomic mass is 10.0. The van der Waals surface area contributed by atoms with Crippen LogP contribution < -0.4 is 15.4 Å². The van der Waals surface area contributed by atoms with Crippen LogP contribution in [0.2, 0.25) is 5.02 Å². The maximum atomic E-state index is 6.70. The van der Waals surface area contributed by atoms with Crippen LogP contribution in [0.3, 0.4) is 0 Å². The zero-order valence-corrected chi connectivity index (χ0v) is 23.0. The van der Waals surface area contributed by atoms with Crippen LogP contribution in [-0.4, -0.2) is 39.1 Å². The fourth-order valence-electron chi connectivity index (χ4n) is 4.69. The summed E-state index contributed by atoms with van der Waals surface area (Å²) < 4.78 is 11.6. The highest BCUT2D eigenvalue weighted by Crippen LogP contribution is 2.35. The molecule has 194 valence electrons. The van der Waals surface area contributed by atoms with Crippen LogP contribution in [-0.2, 0) is 11.2 Å². The summed E-state index contributed by atoms with van der Waals surface area (Å²) in [5, 5.41) is 7.47. The molecule has 0 saturated carbocycles. The monoisotopic (exact) mass is 509 g/mol. The van der Waals surface area contributed by atoms with Gasteiger partial charge in [-0.05, 0) is 61.2 Å². The van der Waals surface area contributed by atoms with E-state index < -0.39 is 0 Å². The van der Waals surface area contributed by atoms with Crippen molar-refractivity contribution in [3.63, 3.8) is 0 Å². The fourth-order valence-corrected chi connectivity index (χ4v) is 4.95. The van der Waals surface area contributed by atoms with Crippen molar-refractivity contribution in [2.45, 2.75) is 58.6 Å². The van der Waals surface area contributed by atoms with Gasteiger partial charge in [0.05, 0.1) is 42.3 Å². The largest absolute Gasteiger partial charge is 0.497 e. The van der Waals surface area contributed by atoms with E-state index in [9.17, 15) is 0 Å². The van der Waals surface area contributed by atoms with Gasteiger partial charge in [-0.3, -0.25) is 4.99 Å². The van der Waals surface area contributed by atoms with Crippen LogP contribution in [0.25, 0.3) is 5.70 Å². The number of aliphatic imine (C=N–C) groups is 1. The summed E-state index contributed by atoms with van der Waals surface area (Å²) in [7, 11) is 3.58. The number of ether oxygens (including phenoxy) is 2. The minimum atomic E-state index is 0.0242. The van der Waals surface area contributed by atoms with Gasteiger partial charge in [0.15, 0.2) is 0 Å². The summed E-state index contributed by atoms with van der Waals surface area (Å²) >= 11 is 6.70. The lowest BCUT2D eigenvalue weighted by molar-refractivity contribution is 0.0400. The third-order valence-corrected chi connectivity index (χ3v) is 7.06. The number of fused-ring (bicyclic) bond motifs is 1. The van der Waals surface area contributed by atoms with Crippen LogP contribution in [0.15, 0.2) is 65.3 Å². The molecule has 2 N–H and O–H groups in total. The first kappa shape index (κ1) is 28.0. The van der Waals surface area contributed by atoms with Crippen molar-refractivity contribution in [2.24, 2.45) is 4.99 Å². The van der Waals surface area contributed by atoms with Gasteiger partial charge in [-0.25, -0.2) is 0 Å². The zero-order chi connectivity index (χ0) is 26.1. The second-order valence-electron chi connectivity index (χ2n) is 8.93. The molecule has 2 aromatic carbocycles. The molecule has 1 aliphatic rings. The Morgan fingerprint density at radius 1 is 1.11 bits per heavy atom. The van der Waals surface area contributed by atoms with E-state index in [0.717, 1.165) is 60.6 Å². The topological polar surface area (TPSA) is 54.9 Å². The first-order valence-electron chi connectivity index (χ1n) is 12.9. The van der Waals surface area contributed by atoms with E-state index in [-0.39, 0.29) is 12.1 Å². The number of benzene rings is 2. The van der Waals surface area contributed by atoms with Crippen LogP contribution >= 0.6 is 11.6 Å². The lowest BCUT2D eigenvalue weighted by Gasteiger charge is -2.25. The van der Waals surface area contributed by atoms with E-state index in [1.54, 1.807) is 7.11 Å². The number of rotatable bonds is 13. The van der Waals surface area contributed by atoms with Crippen molar-refractivity contribution >= 4 is 23.0 Å². The predicted molar refractivity (Wildman–Crippen MR) is 152 cm³/mol. The van der Waals surface area contributed by atoms with E-state index in [0.29, 0.717) is 11.6 Å². The Labute approximate surface area is 221 Å². The van der Waals surface area contributed by atoms with Crippen molar-refractivity contribution in [3.8, 4) is 5.75 Å². The van der Waals surface area contributed by atoms with Gasteiger partial charge in [0.2, 0.25) is 0 Å². The van der Waals surface area contributed by atoms with Gasteiger partial charge in [0, 0.05) is 24.2 Å². The highest BCUT2D eigenvalue weighted by molar-refractivity contribution is 6.32. The maximum Gasteiger partial charge on any atom is 0.120 e. The molecule has 0 saturated heterocycles. The molecule has 5 nitrogen and oxygen atoms in total. The van der Waals surface area contributed by atoms with Crippen LogP contribution in [0.5, 0.6) is 5.75 Å². The van der Waals surface area contributed by atoms with E-state index in [2.05, 4.69) is 62.2 Å². The number of hydrogen-bond acceptors (Lipinski definition) is 5. The third kappa shape index (κ3) is 6.58. The number of halogens is 1. The second-order valence-corrected chi connectivity index (χ2v) is 9.34. The Hall–Kier alpha value is -2.60. The summed E-state index contributed by atoms with van der Waals surface area (Å²) in [6.45, 7) is 12.3. The van der Waals surface area contributed by atoms with E-state index >= 15 is 0 Å². The summed E-state index contributed by atoms with van der Waals surface area (Å²) in [6.07, 6.45) is 3.45. The van der Waals surface area contributed by atoms with Crippen molar-refractivity contribution in [3.05, 3.63) is 82.0 Å². The SMILES string of the molecule is C=C(N[C@@H]1c2ccccc2C[C@@H]1OCCNC)/C(CC)=N\C(=C(CC)CC)c1ccc(OC)cc1Cl. The normalized spacial score (nSPS) is 17.0. The van der Waals surface area contributed by atoms with Gasteiger partial charge in [-0.15, -0.1) is 0 Å². The Balaban J connectivity index is 1.94. The van der Waals surface area contributed by atoms with Gasteiger partial charge in [-0.1, -0.05) is 63.2 Å². The Bertz CT molecular complexity index is 1100. The number of hydrogen-bond donors (Lipinski definition) is 2. The molecule has 0 heterocycles. The number of nitrogens with one attached hydrogen (secondary N) is 2. The molecule has 1 aliphatic carbocycles. The average Bonchev–Trinajstić information content (AvgIpc) is 3.23. The lowest BCUT2D eigenvalue weighted by Crippen LogP contribution is -2.33. The Morgan fingerprint density at radius 2 is 1.86 bits per heavy atom. The number of likely N-dealkylation sites (N-methyl/N-ethyl adjacent to an activating group) is 1. The number of allylic oxidation sites excluding steroid dienone is 2. The van der Waals surface area contributed by atoms with Crippen molar-refractivity contribution < 1.29 is 9.47 Å². The first-order chi connectivity index (χ1) is 17.5. The Kier molecular flexibility index (Phi) is 10.6. The minimum absolute atomic E-state index is 0.0242. The summed E-state index contributed by atoms with van der Waals surface area (Å²) in [6, 6.07) is 14.3. The quantitative estimate of drug-likeness (QED) is 0.232. The molecule has 36 heavy (non-hydrogen) atoms. The van der Waals surface area contributed by atoms with Gasteiger partial charge >= 0.3 is 0 Å². The molecule has 0 amide bonds.